The molecule has 14 heavy (non-hydrogen) atoms. The molecule has 0 aromatic heterocycles. The number of carboxylic acid groups (broad SMARTS) is 2. The molecular weight excluding hydrogens is 227 g/mol. The predicted molar refractivity (Wildman–Crippen MR) is 44.7 cm³/mol. The molecule has 1 aromatic carbocycles. The van der Waals surface area contributed by atoms with E-state index in [2.05, 4.69) is 0 Å². The van der Waals surface area contributed by atoms with Crippen molar-refractivity contribution < 1.29 is 36.9 Å². The number of carboxylic acids is 2. The Bertz CT molecular complexity index is 331. The van der Waals surface area contributed by atoms with Crippen LogP contribution in [-0.4, -0.2) is 22.2 Å². The van der Waals surface area contributed by atoms with Crippen LogP contribution in [0, 0.1) is 0 Å². The fraction of sp³-hybridized carbons (Fsp3) is 0.111. The predicted octanol–water partition coefficient (Wildman–Crippen LogP) is 1.01. The summed E-state index contributed by atoms with van der Waals surface area (Å²) in [6.45, 7) is 0. The van der Waals surface area contributed by atoms with Crippen molar-refractivity contribution in [3.05, 3.63) is 35.4 Å². The quantitative estimate of drug-likeness (QED) is 0.766. The number of hydrogen-bond donors (Lipinski definition) is 2. The zero-order valence-corrected chi connectivity index (χ0v) is 8.29. The van der Waals surface area contributed by atoms with Crippen LogP contribution in [0.3, 0.4) is 0 Å². The molecule has 1 rings (SSSR count). The topological polar surface area (TPSA) is 74.6 Å². The summed E-state index contributed by atoms with van der Waals surface area (Å²) in [7, 11) is 0. The summed E-state index contributed by atoms with van der Waals surface area (Å²) in [4.78, 5) is 20.7. The molecule has 0 aliphatic carbocycles. The Balaban J connectivity index is 0.00000169. The van der Waals surface area contributed by atoms with Gasteiger partial charge in [-0.2, -0.15) is 0 Å². The second-order valence-electron chi connectivity index (χ2n) is 2.57. The van der Waals surface area contributed by atoms with E-state index < -0.39 is 11.9 Å². The SMILES string of the molecule is O=C(O)Cc1ccc(C(=O)O)cc1.[Mn]. The Labute approximate surface area is 91.0 Å². The van der Waals surface area contributed by atoms with E-state index in [0.717, 1.165) is 0 Å². The largest absolute Gasteiger partial charge is 0.481 e. The van der Waals surface area contributed by atoms with Gasteiger partial charge in [0.05, 0.1) is 12.0 Å². The first-order chi connectivity index (χ1) is 6.09. The van der Waals surface area contributed by atoms with E-state index in [9.17, 15) is 9.59 Å². The molecule has 0 aliphatic heterocycles. The minimum absolute atomic E-state index is 0. The van der Waals surface area contributed by atoms with E-state index in [4.69, 9.17) is 10.2 Å². The monoisotopic (exact) mass is 235 g/mol. The first kappa shape index (κ1) is 12.7. The molecule has 0 fully saturated rings. The average Bonchev–Trinajstić information content (AvgIpc) is 2.04. The maximum absolute atomic E-state index is 10.4. The van der Waals surface area contributed by atoms with Crippen molar-refractivity contribution in [1.82, 2.24) is 0 Å². The van der Waals surface area contributed by atoms with Gasteiger partial charge in [0.2, 0.25) is 0 Å². The zero-order chi connectivity index (χ0) is 9.84. The van der Waals surface area contributed by atoms with Crippen LogP contribution in [0.25, 0.3) is 0 Å². The Kier molecular flexibility index (Phi) is 4.91. The minimum atomic E-state index is -1.01. The molecule has 1 aromatic rings. The molecule has 0 saturated carbocycles. The third-order valence-electron chi connectivity index (χ3n) is 1.56. The van der Waals surface area contributed by atoms with E-state index in [-0.39, 0.29) is 29.1 Å². The summed E-state index contributed by atoms with van der Waals surface area (Å²) in [5, 5.41) is 17.0. The van der Waals surface area contributed by atoms with Crippen LogP contribution < -0.4 is 0 Å². The van der Waals surface area contributed by atoms with E-state index in [1.807, 2.05) is 0 Å². The van der Waals surface area contributed by atoms with Crippen LogP contribution in [0.15, 0.2) is 24.3 Å². The number of rotatable bonds is 3. The van der Waals surface area contributed by atoms with Crippen molar-refractivity contribution in [1.29, 1.82) is 0 Å². The molecule has 0 bridgehead atoms. The fourth-order valence-electron chi connectivity index (χ4n) is 0.940. The summed E-state index contributed by atoms with van der Waals surface area (Å²) >= 11 is 0. The van der Waals surface area contributed by atoms with Crippen LogP contribution >= 0.6 is 0 Å². The van der Waals surface area contributed by atoms with E-state index in [1.54, 1.807) is 0 Å². The molecule has 5 heteroatoms. The maximum Gasteiger partial charge on any atom is 0.335 e. The first-order valence-electron chi connectivity index (χ1n) is 3.63. The Hall–Kier alpha value is -1.32. The van der Waals surface area contributed by atoms with Gasteiger partial charge in [-0.05, 0) is 17.7 Å². The van der Waals surface area contributed by atoms with Gasteiger partial charge in [-0.15, -0.1) is 0 Å². The zero-order valence-electron chi connectivity index (χ0n) is 7.11. The normalized spacial score (nSPS) is 8.86. The molecule has 0 saturated heterocycles. The molecule has 2 N–H and O–H groups in total. The third kappa shape index (κ3) is 3.60. The van der Waals surface area contributed by atoms with Crippen LogP contribution in [0.5, 0.6) is 0 Å². The summed E-state index contributed by atoms with van der Waals surface area (Å²) in [5.74, 6) is -1.94. The molecule has 1 radical (unpaired) electrons. The maximum atomic E-state index is 10.4. The molecule has 0 unspecified atom stereocenters. The van der Waals surface area contributed by atoms with Crippen molar-refractivity contribution in [3.63, 3.8) is 0 Å². The molecule has 0 amide bonds. The van der Waals surface area contributed by atoms with Crippen molar-refractivity contribution >= 4 is 11.9 Å². The van der Waals surface area contributed by atoms with Crippen LogP contribution in [0.1, 0.15) is 15.9 Å². The van der Waals surface area contributed by atoms with Crippen molar-refractivity contribution in [2.45, 2.75) is 6.42 Å². The summed E-state index contributed by atoms with van der Waals surface area (Å²) in [6.07, 6.45) is -0.0834. The number of benzene rings is 1. The minimum Gasteiger partial charge on any atom is -0.481 e. The standard InChI is InChI=1S/C9H8O4.Mn/c10-8(11)5-6-1-3-7(4-2-6)9(12)13;/h1-4H,5H2,(H,10,11)(H,12,13);. The van der Waals surface area contributed by atoms with E-state index in [0.29, 0.717) is 5.56 Å². The van der Waals surface area contributed by atoms with Gasteiger partial charge >= 0.3 is 11.9 Å². The Morgan fingerprint density at radius 1 is 1.07 bits per heavy atom. The first-order valence-corrected chi connectivity index (χ1v) is 3.63. The van der Waals surface area contributed by atoms with Gasteiger partial charge in [0.15, 0.2) is 0 Å². The van der Waals surface area contributed by atoms with Crippen molar-refractivity contribution in [2.75, 3.05) is 0 Å². The van der Waals surface area contributed by atoms with E-state index in [1.165, 1.54) is 24.3 Å². The molecular formula is C9H8MnO4. The van der Waals surface area contributed by atoms with Crippen molar-refractivity contribution in [2.24, 2.45) is 0 Å². The second kappa shape index (κ2) is 5.42. The second-order valence-corrected chi connectivity index (χ2v) is 2.57. The Morgan fingerprint density at radius 2 is 1.57 bits per heavy atom. The van der Waals surface area contributed by atoms with Crippen LogP contribution in [-0.2, 0) is 28.3 Å². The molecule has 75 valence electrons. The number of hydrogen-bond acceptors (Lipinski definition) is 2. The molecule has 0 spiro atoms. The third-order valence-corrected chi connectivity index (χ3v) is 1.56. The van der Waals surface area contributed by atoms with Gasteiger partial charge in [0, 0.05) is 17.1 Å². The number of aliphatic carboxylic acids is 1. The molecule has 0 heterocycles. The fourth-order valence-corrected chi connectivity index (χ4v) is 0.940. The van der Waals surface area contributed by atoms with Gasteiger partial charge in [-0.3, -0.25) is 4.79 Å². The number of aromatic carboxylic acids is 1. The van der Waals surface area contributed by atoms with Gasteiger partial charge < -0.3 is 10.2 Å². The van der Waals surface area contributed by atoms with Gasteiger partial charge in [-0.25, -0.2) is 4.79 Å². The summed E-state index contributed by atoms with van der Waals surface area (Å²) in [5.41, 5.74) is 0.756. The molecule has 0 aliphatic rings. The van der Waals surface area contributed by atoms with Crippen molar-refractivity contribution in [3.8, 4) is 0 Å². The van der Waals surface area contributed by atoms with Crippen LogP contribution in [0.4, 0.5) is 0 Å². The average molecular weight is 235 g/mol. The molecule has 4 nitrogen and oxygen atoms in total. The van der Waals surface area contributed by atoms with Gasteiger partial charge in [0.1, 0.15) is 0 Å². The van der Waals surface area contributed by atoms with E-state index >= 15 is 0 Å². The van der Waals surface area contributed by atoms with Gasteiger partial charge in [-0.1, -0.05) is 12.1 Å². The Morgan fingerprint density at radius 3 is 1.93 bits per heavy atom. The number of carbonyl (C=O) groups is 2. The summed E-state index contributed by atoms with van der Waals surface area (Å²) < 4.78 is 0. The van der Waals surface area contributed by atoms with Gasteiger partial charge in [0.25, 0.3) is 0 Å². The van der Waals surface area contributed by atoms with Crippen LogP contribution in [0.2, 0.25) is 0 Å². The smallest absolute Gasteiger partial charge is 0.335 e. The summed E-state index contributed by atoms with van der Waals surface area (Å²) in [6, 6.07) is 5.77. The molecule has 0 atom stereocenters.